The molecule has 7 heteroatoms. The van der Waals surface area contributed by atoms with Gasteiger partial charge in [0, 0.05) is 45.5 Å². The molecule has 0 aliphatic carbocycles. The molecule has 26 heavy (non-hydrogen) atoms. The van der Waals surface area contributed by atoms with Gasteiger partial charge in [0.2, 0.25) is 0 Å². The molecule has 0 bridgehead atoms. The summed E-state index contributed by atoms with van der Waals surface area (Å²) < 4.78 is 11.1. The van der Waals surface area contributed by atoms with Gasteiger partial charge in [0.15, 0.2) is 5.96 Å². The third-order valence-electron chi connectivity index (χ3n) is 4.99. The van der Waals surface area contributed by atoms with Crippen molar-refractivity contribution in [2.75, 3.05) is 53.0 Å². The molecule has 2 fully saturated rings. The van der Waals surface area contributed by atoms with Gasteiger partial charge >= 0.3 is 0 Å². The summed E-state index contributed by atoms with van der Waals surface area (Å²) in [5.74, 6) is 2.37. The Labute approximate surface area is 156 Å². The number of pyridine rings is 1. The zero-order chi connectivity index (χ0) is 18.0. The van der Waals surface area contributed by atoms with Crippen LogP contribution in [0.1, 0.15) is 19.3 Å². The van der Waals surface area contributed by atoms with Gasteiger partial charge in [0.1, 0.15) is 12.4 Å². The third kappa shape index (κ3) is 6.14. The second-order valence-corrected chi connectivity index (χ2v) is 6.99. The van der Waals surface area contributed by atoms with Gasteiger partial charge in [0.05, 0.1) is 19.3 Å². The number of hydrogen-bond donors (Lipinski definition) is 2. The summed E-state index contributed by atoms with van der Waals surface area (Å²) >= 11 is 0. The van der Waals surface area contributed by atoms with E-state index in [9.17, 15) is 0 Å². The Kier molecular flexibility index (Phi) is 7.51. The number of nitrogens with one attached hydrogen (secondary N) is 2. The first-order valence-corrected chi connectivity index (χ1v) is 9.63. The fourth-order valence-electron chi connectivity index (χ4n) is 3.51. The number of rotatable bonds is 7. The van der Waals surface area contributed by atoms with Gasteiger partial charge in [-0.3, -0.25) is 9.98 Å². The van der Waals surface area contributed by atoms with E-state index in [1.54, 1.807) is 12.4 Å². The van der Waals surface area contributed by atoms with Crippen molar-refractivity contribution in [3.05, 3.63) is 24.5 Å². The molecule has 0 radical (unpaired) electrons. The quantitative estimate of drug-likeness (QED) is 0.431. The van der Waals surface area contributed by atoms with E-state index in [0.29, 0.717) is 19.2 Å². The largest absolute Gasteiger partial charge is 0.490 e. The van der Waals surface area contributed by atoms with Crippen LogP contribution in [0.2, 0.25) is 0 Å². The lowest BCUT2D eigenvalue weighted by molar-refractivity contribution is 0.150. The predicted molar refractivity (Wildman–Crippen MR) is 103 cm³/mol. The number of nitrogens with zero attached hydrogens (tertiary/aromatic N) is 3. The molecule has 3 rings (SSSR count). The Hall–Kier alpha value is -1.86. The summed E-state index contributed by atoms with van der Waals surface area (Å²) in [6, 6.07) is 4.26. The molecule has 0 aromatic carbocycles. The summed E-state index contributed by atoms with van der Waals surface area (Å²) in [6.07, 6.45) is 6.99. The molecule has 7 nitrogen and oxygen atoms in total. The van der Waals surface area contributed by atoms with Crippen molar-refractivity contribution >= 4 is 5.96 Å². The van der Waals surface area contributed by atoms with Crippen molar-refractivity contribution in [2.45, 2.75) is 25.3 Å². The van der Waals surface area contributed by atoms with E-state index in [1.165, 1.54) is 13.0 Å². The second kappa shape index (κ2) is 10.3. The van der Waals surface area contributed by atoms with Gasteiger partial charge in [-0.1, -0.05) is 0 Å². The third-order valence-corrected chi connectivity index (χ3v) is 4.99. The molecule has 1 aromatic rings. The minimum Gasteiger partial charge on any atom is -0.490 e. The van der Waals surface area contributed by atoms with E-state index in [1.807, 2.05) is 19.2 Å². The normalized spacial score (nSPS) is 22.3. The van der Waals surface area contributed by atoms with Crippen molar-refractivity contribution in [1.82, 2.24) is 20.5 Å². The highest BCUT2D eigenvalue weighted by atomic mass is 16.5. The molecule has 0 amide bonds. The summed E-state index contributed by atoms with van der Waals surface area (Å²) in [7, 11) is 1.81. The second-order valence-electron chi connectivity index (χ2n) is 6.99. The number of guanidine groups is 1. The van der Waals surface area contributed by atoms with E-state index < -0.39 is 0 Å². The highest BCUT2D eigenvalue weighted by Crippen LogP contribution is 2.17. The Bertz CT molecular complexity index is 540. The zero-order valence-electron chi connectivity index (χ0n) is 15.7. The Morgan fingerprint density at radius 3 is 2.96 bits per heavy atom. The van der Waals surface area contributed by atoms with Crippen LogP contribution in [0.3, 0.4) is 0 Å². The molecule has 2 saturated heterocycles. The molecule has 2 aliphatic rings. The molecule has 2 aliphatic heterocycles. The maximum absolute atomic E-state index is 5.64. The summed E-state index contributed by atoms with van der Waals surface area (Å²) in [4.78, 5) is 10.9. The minimum absolute atomic E-state index is 0.483. The average Bonchev–Trinajstić information content (AvgIpc) is 3.19. The van der Waals surface area contributed by atoms with Crippen LogP contribution >= 0.6 is 0 Å². The summed E-state index contributed by atoms with van der Waals surface area (Å²) in [5, 5.41) is 6.86. The van der Waals surface area contributed by atoms with Crippen LogP contribution in [0, 0.1) is 5.92 Å². The first kappa shape index (κ1) is 18.9. The fraction of sp³-hybridized carbons (Fsp3) is 0.684. The van der Waals surface area contributed by atoms with Gasteiger partial charge in [-0.05, 0) is 37.3 Å². The van der Waals surface area contributed by atoms with Crippen LogP contribution in [-0.4, -0.2) is 74.9 Å². The Morgan fingerprint density at radius 2 is 2.27 bits per heavy atom. The molecule has 2 N–H and O–H groups in total. The van der Waals surface area contributed by atoms with Gasteiger partial charge in [-0.15, -0.1) is 0 Å². The zero-order valence-corrected chi connectivity index (χ0v) is 15.7. The minimum atomic E-state index is 0.483. The number of likely N-dealkylation sites (tertiary alicyclic amines) is 1. The predicted octanol–water partition coefficient (Wildman–Crippen LogP) is 1.13. The lowest BCUT2D eigenvalue weighted by Gasteiger charge is -2.34. The highest BCUT2D eigenvalue weighted by molar-refractivity contribution is 5.79. The first-order chi connectivity index (χ1) is 12.8. The van der Waals surface area contributed by atoms with Gasteiger partial charge in [0.25, 0.3) is 0 Å². The van der Waals surface area contributed by atoms with Crippen molar-refractivity contribution in [1.29, 1.82) is 0 Å². The maximum Gasteiger partial charge on any atom is 0.191 e. The molecular weight excluding hydrogens is 330 g/mol. The van der Waals surface area contributed by atoms with Crippen LogP contribution < -0.4 is 15.4 Å². The average molecular weight is 361 g/mol. The van der Waals surface area contributed by atoms with Crippen LogP contribution in [0.5, 0.6) is 5.75 Å². The molecule has 1 atom stereocenters. The Balaban J connectivity index is 1.30. The molecule has 144 valence electrons. The summed E-state index contributed by atoms with van der Waals surface area (Å²) in [6.45, 7) is 6.64. The van der Waals surface area contributed by atoms with Crippen LogP contribution in [0.25, 0.3) is 0 Å². The van der Waals surface area contributed by atoms with Crippen molar-refractivity contribution < 1.29 is 9.47 Å². The maximum atomic E-state index is 5.64. The van der Waals surface area contributed by atoms with E-state index in [4.69, 9.17) is 9.47 Å². The molecule has 1 aromatic heterocycles. The number of ether oxygens (including phenoxy) is 2. The molecule has 0 saturated carbocycles. The number of piperidine rings is 1. The lowest BCUT2D eigenvalue weighted by Crippen LogP contribution is -2.49. The topological polar surface area (TPSA) is 71.0 Å². The fourth-order valence-corrected chi connectivity index (χ4v) is 3.51. The molecule has 3 heterocycles. The Morgan fingerprint density at radius 1 is 1.38 bits per heavy atom. The smallest absolute Gasteiger partial charge is 0.191 e. The molecule has 1 unspecified atom stereocenters. The standard InChI is InChI=1S/C19H31N5O2/c1-20-19(22-8-12-26-18-3-2-7-21-13-18)23-17-4-9-24(10-5-17)14-16-6-11-25-15-16/h2-3,7,13,16-17H,4-6,8-12,14-15H2,1H3,(H2,20,22,23). The van der Waals surface area contributed by atoms with E-state index in [0.717, 1.165) is 56.8 Å². The van der Waals surface area contributed by atoms with Crippen molar-refractivity contribution in [3.8, 4) is 5.75 Å². The van der Waals surface area contributed by atoms with E-state index in [-0.39, 0.29) is 0 Å². The SMILES string of the molecule is CN=C(NCCOc1cccnc1)NC1CCN(CC2CCOC2)CC1. The first-order valence-electron chi connectivity index (χ1n) is 9.63. The van der Waals surface area contributed by atoms with E-state index in [2.05, 4.69) is 25.5 Å². The number of aliphatic imine (C=N–C) groups is 1. The number of aromatic nitrogens is 1. The monoisotopic (exact) mass is 361 g/mol. The van der Waals surface area contributed by atoms with Gasteiger partial charge in [-0.25, -0.2) is 0 Å². The molecule has 0 spiro atoms. The highest BCUT2D eigenvalue weighted by Gasteiger charge is 2.24. The van der Waals surface area contributed by atoms with Crippen molar-refractivity contribution in [2.24, 2.45) is 10.9 Å². The number of hydrogen-bond acceptors (Lipinski definition) is 5. The van der Waals surface area contributed by atoms with Crippen LogP contribution in [-0.2, 0) is 4.74 Å². The van der Waals surface area contributed by atoms with Crippen LogP contribution in [0.15, 0.2) is 29.5 Å². The molecular formula is C19H31N5O2. The lowest BCUT2D eigenvalue weighted by atomic mass is 10.0. The van der Waals surface area contributed by atoms with E-state index >= 15 is 0 Å². The van der Waals surface area contributed by atoms with Gasteiger partial charge < -0.3 is 25.0 Å². The van der Waals surface area contributed by atoms with Crippen LogP contribution in [0.4, 0.5) is 0 Å². The van der Waals surface area contributed by atoms with Gasteiger partial charge in [-0.2, -0.15) is 0 Å². The summed E-state index contributed by atoms with van der Waals surface area (Å²) in [5.41, 5.74) is 0. The van der Waals surface area contributed by atoms with Crippen molar-refractivity contribution in [3.63, 3.8) is 0 Å².